The average molecular weight is 342 g/mol. The van der Waals surface area contributed by atoms with Gasteiger partial charge in [-0.05, 0) is 30.3 Å². The lowest BCUT2D eigenvalue weighted by atomic mass is 10.2. The summed E-state index contributed by atoms with van der Waals surface area (Å²) in [4.78, 5) is 9.61. The number of H-pyrrole nitrogens is 1. The molecule has 0 radical (unpaired) electrons. The van der Waals surface area contributed by atoms with Gasteiger partial charge in [-0.15, -0.1) is 0 Å². The van der Waals surface area contributed by atoms with Gasteiger partial charge in [0.15, 0.2) is 0 Å². The van der Waals surface area contributed by atoms with Crippen molar-refractivity contribution >= 4 is 26.7 Å². The van der Waals surface area contributed by atoms with Crippen molar-refractivity contribution in [1.82, 2.24) is 14.3 Å². The zero-order chi connectivity index (χ0) is 16.6. The molecule has 0 unspecified atom stereocenters. The Labute approximate surface area is 140 Å². The molecule has 1 aliphatic heterocycles. The van der Waals surface area contributed by atoms with Crippen LogP contribution in [-0.2, 0) is 10.0 Å². The lowest BCUT2D eigenvalue weighted by molar-refractivity contribution is 0.385. The SMILES string of the molecule is O=S(=O)(c1ccc2nc[nH]c2c1)N1CCN(c2ccccc2)CC1. The Morgan fingerprint density at radius 3 is 2.46 bits per heavy atom. The van der Waals surface area contributed by atoms with E-state index < -0.39 is 10.0 Å². The van der Waals surface area contributed by atoms with E-state index in [1.165, 1.54) is 0 Å². The predicted molar refractivity (Wildman–Crippen MR) is 93.5 cm³/mol. The number of piperazine rings is 1. The van der Waals surface area contributed by atoms with Gasteiger partial charge >= 0.3 is 0 Å². The molecule has 0 saturated carbocycles. The minimum absolute atomic E-state index is 0.312. The third kappa shape index (κ3) is 2.65. The summed E-state index contributed by atoms with van der Waals surface area (Å²) >= 11 is 0. The van der Waals surface area contributed by atoms with Gasteiger partial charge in [-0.3, -0.25) is 0 Å². The highest BCUT2D eigenvalue weighted by Gasteiger charge is 2.28. The molecule has 1 fully saturated rings. The second-order valence-corrected chi connectivity index (χ2v) is 7.75. The van der Waals surface area contributed by atoms with Crippen LogP contribution in [-0.4, -0.2) is 48.9 Å². The maximum Gasteiger partial charge on any atom is 0.243 e. The molecule has 6 nitrogen and oxygen atoms in total. The largest absolute Gasteiger partial charge is 0.369 e. The first-order valence-electron chi connectivity index (χ1n) is 7.88. The number of hydrogen-bond donors (Lipinski definition) is 1. The van der Waals surface area contributed by atoms with Gasteiger partial charge < -0.3 is 9.88 Å². The Morgan fingerprint density at radius 1 is 0.958 bits per heavy atom. The van der Waals surface area contributed by atoms with Crippen molar-refractivity contribution in [2.24, 2.45) is 0 Å². The Hall–Kier alpha value is -2.38. The first-order chi connectivity index (χ1) is 11.6. The number of rotatable bonds is 3. The highest BCUT2D eigenvalue weighted by atomic mass is 32.2. The quantitative estimate of drug-likeness (QED) is 0.791. The number of hydrogen-bond acceptors (Lipinski definition) is 4. The Kier molecular flexibility index (Phi) is 3.74. The van der Waals surface area contributed by atoms with Crippen LogP contribution >= 0.6 is 0 Å². The highest BCUT2D eigenvalue weighted by molar-refractivity contribution is 7.89. The summed E-state index contributed by atoms with van der Waals surface area (Å²) in [6.07, 6.45) is 1.57. The molecular weight excluding hydrogens is 324 g/mol. The molecule has 0 spiro atoms. The van der Waals surface area contributed by atoms with Crippen molar-refractivity contribution in [2.75, 3.05) is 31.1 Å². The summed E-state index contributed by atoms with van der Waals surface area (Å²) in [6.45, 7) is 2.35. The third-order valence-electron chi connectivity index (χ3n) is 4.39. The molecule has 0 amide bonds. The van der Waals surface area contributed by atoms with E-state index in [0.717, 1.165) is 16.7 Å². The molecule has 2 aromatic carbocycles. The third-order valence-corrected chi connectivity index (χ3v) is 6.28. The molecule has 3 aromatic rings. The number of sulfonamides is 1. The van der Waals surface area contributed by atoms with Crippen LogP contribution < -0.4 is 4.90 Å². The van der Waals surface area contributed by atoms with Crippen LogP contribution in [0.3, 0.4) is 0 Å². The second kappa shape index (κ2) is 5.92. The minimum atomic E-state index is -3.48. The molecule has 1 aliphatic rings. The van der Waals surface area contributed by atoms with Gasteiger partial charge in [0.2, 0.25) is 10.0 Å². The normalized spacial score (nSPS) is 16.6. The van der Waals surface area contributed by atoms with Crippen LogP contribution in [0.1, 0.15) is 0 Å². The zero-order valence-corrected chi connectivity index (χ0v) is 13.9. The molecule has 7 heteroatoms. The molecule has 24 heavy (non-hydrogen) atoms. The molecule has 1 aromatic heterocycles. The fourth-order valence-corrected chi connectivity index (χ4v) is 4.50. The van der Waals surface area contributed by atoms with E-state index in [1.54, 1.807) is 28.8 Å². The number of nitrogens with one attached hydrogen (secondary N) is 1. The van der Waals surface area contributed by atoms with Crippen molar-refractivity contribution in [2.45, 2.75) is 4.90 Å². The van der Waals surface area contributed by atoms with Crippen molar-refractivity contribution in [1.29, 1.82) is 0 Å². The maximum absolute atomic E-state index is 12.9. The first kappa shape index (κ1) is 15.2. The average Bonchev–Trinajstić information content (AvgIpc) is 3.10. The molecule has 124 valence electrons. The molecule has 1 saturated heterocycles. The van der Waals surface area contributed by atoms with Crippen LogP contribution in [0.15, 0.2) is 59.8 Å². The summed E-state index contributed by atoms with van der Waals surface area (Å²) in [5.74, 6) is 0. The van der Waals surface area contributed by atoms with Gasteiger partial charge in [0.1, 0.15) is 0 Å². The number of nitrogens with zero attached hydrogens (tertiary/aromatic N) is 3. The maximum atomic E-state index is 12.9. The number of anilines is 1. The lowest BCUT2D eigenvalue weighted by Crippen LogP contribution is -2.48. The van der Waals surface area contributed by atoms with Crippen LogP contribution in [0.2, 0.25) is 0 Å². The fourth-order valence-electron chi connectivity index (χ4n) is 3.05. The van der Waals surface area contributed by atoms with E-state index in [4.69, 9.17) is 0 Å². The molecule has 2 heterocycles. The monoisotopic (exact) mass is 342 g/mol. The van der Waals surface area contributed by atoms with Crippen molar-refractivity contribution in [3.8, 4) is 0 Å². The minimum Gasteiger partial charge on any atom is -0.369 e. The van der Waals surface area contributed by atoms with Gasteiger partial charge in [-0.25, -0.2) is 13.4 Å². The highest BCUT2D eigenvalue weighted by Crippen LogP contribution is 2.23. The number of para-hydroxylation sites is 1. The number of imidazole rings is 1. The van der Waals surface area contributed by atoms with E-state index in [-0.39, 0.29) is 0 Å². The van der Waals surface area contributed by atoms with Gasteiger partial charge in [0.25, 0.3) is 0 Å². The summed E-state index contributed by atoms with van der Waals surface area (Å²) in [6, 6.07) is 15.1. The fraction of sp³-hybridized carbons (Fsp3) is 0.235. The summed E-state index contributed by atoms with van der Waals surface area (Å²) in [7, 11) is -3.48. The molecule has 1 N–H and O–H groups in total. The van der Waals surface area contributed by atoms with E-state index in [9.17, 15) is 8.42 Å². The Morgan fingerprint density at radius 2 is 1.71 bits per heavy atom. The lowest BCUT2D eigenvalue weighted by Gasteiger charge is -2.35. The van der Waals surface area contributed by atoms with Crippen molar-refractivity contribution in [3.63, 3.8) is 0 Å². The van der Waals surface area contributed by atoms with Gasteiger partial charge in [0, 0.05) is 31.9 Å². The van der Waals surface area contributed by atoms with Gasteiger partial charge in [-0.1, -0.05) is 18.2 Å². The van der Waals surface area contributed by atoms with E-state index in [1.807, 2.05) is 18.2 Å². The van der Waals surface area contributed by atoms with Crippen LogP contribution in [0.4, 0.5) is 5.69 Å². The standard InChI is InChI=1S/C17H18N4O2S/c22-24(23,15-6-7-16-17(12-15)19-13-18-16)21-10-8-20(9-11-21)14-4-2-1-3-5-14/h1-7,12-13H,8-11H2,(H,18,19). The Balaban J connectivity index is 1.53. The van der Waals surface area contributed by atoms with Crippen LogP contribution in [0.25, 0.3) is 11.0 Å². The van der Waals surface area contributed by atoms with Crippen LogP contribution in [0.5, 0.6) is 0 Å². The van der Waals surface area contributed by atoms with Crippen molar-refractivity contribution < 1.29 is 8.42 Å². The van der Waals surface area contributed by atoms with E-state index in [0.29, 0.717) is 31.1 Å². The first-order valence-corrected chi connectivity index (χ1v) is 9.32. The van der Waals surface area contributed by atoms with Gasteiger partial charge in [0.05, 0.1) is 22.3 Å². The summed E-state index contributed by atoms with van der Waals surface area (Å²) in [5, 5.41) is 0. The number of aromatic amines is 1. The van der Waals surface area contributed by atoms with E-state index >= 15 is 0 Å². The second-order valence-electron chi connectivity index (χ2n) is 5.81. The molecule has 0 atom stereocenters. The van der Waals surface area contributed by atoms with Crippen molar-refractivity contribution in [3.05, 3.63) is 54.9 Å². The Bertz CT molecular complexity index is 945. The zero-order valence-electron chi connectivity index (χ0n) is 13.1. The van der Waals surface area contributed by atoms with Gasteiger partial charge in [-0.2, -0.15) is 4.31 Å². The summed E-state index contributed by atoms with van der Waals surface area (Å²) in [5.41, 5.74) is 2.63. The number of fused-ring (bicyclic) bond motifs is 1. The molecule has 0 bridgehead atoms. The number of benzene rings is 2. The van der Waals surface area contributed by atoms with Crippen LogP contribution in [0, 0.1) is 0 Å². The molecule has 4 rings (SSSR count). The number of aromatic nitrogens is 2. The smallest absolute Gasteiger partial charge is 0.243 e. The van der Waals surface area contributed by atoms with E-state index in [2.05, 4.69) is 27.0 Å². The molecule has 0 aliphatic carbocycles. The summed E-state index contributed by atoms with van der Waals surface area (Å²) < 4.78 is 27.3. The topological polar surface area (TPSA) is 69.3 Å². The molecular formula is C17H18N4O2S. The predicted octanol–water partition coefficient (Wildman–Crippen LogP) is 2.07.